The van der Waals surface area contributed by atoms with Crippen molar-refractivity contribution < 1.29 is 9.84 Å². The van der Waals surface area contributed by atoms with Gasteiger partial charge in [0.1, 0.15) is 0 Å². The van der Waals surface area contributed by atoms with Crippen LogP contribution in [0.15, 0.2) is 0 Å². The molecule has 3 atom stereocenters. The average Bonchev–Trinajstić information content (AvgIpc) is 2.96. The fourth-order valence-corrected chi connectivity index (χ4v) is 4.45. The molecule has 1 aliphatic carbocycles. The lowest BCUT2D eigenvalue weighted by Crippen LogP contribution is -2.55. The second-order valence-electron chi connectivity index (χ2n) is 7.37. The van der Waals surface area contributed by atoms with Gasteiger partial charge in [-0.25, -0.2) is 0 Å². The molecule has 2 heterocycles. The van der Waals surface area contributed by atoms with Gasteiger partial charge in [0, 0.05) is 24.7 Å². The number of piperidine rings is 2. The predicted molar refractivity (Wildman–Crippen MR) is 84.4 cm³/mol. The van der Waals surface area contributed by atoms with Crippen LogP contribution in [0.25, 0.3) is 0 Å². The average molecular weight is 296 g/mol. The monoisotopic (exact) mass is 296 g/mol. The van der Waals surface area contributed by atoms with Gasteiger partial charge in [-0.15, -0.1) is 0 Å². The molecule has 3 rings (SSSR count). The highest BCUT2D eigenvalue weighted by molar-refractivity contribution is 4.93. The lowest BCUT2D eigenvalue weighted by atomic mass is 9.82. The molecule has 2 saturated heterocycles. The lowest BCUT2D eigenvalue weighted by molar-refractivity contribution is -0.00955. The summed E-state index contributed by atoms with van der Waals surface area (Å²) in [4.78, 5) is 2.58. The minimum absolute atomic E-state index is 0.356. The molecule has 21 heavy (non-hydrogen) atoms. The van der Waals surface area contributed by atoms with E-state index in [9.17, 15) is 5.11 Å². The van der Waals surface area contributed by atoms with Crippen molar-refractivity contribution in [2.75, 3.05) is 20.2 Å². The first kappa shape index (κ1) is 15.7. The molecule has 2 N–H and O–H groups in total. The van der Waals surface area contributed by atoms with Crippen LogP contribution in [-0.2, 0) is 4.74 Å². The molecule has 0 radical (unpaired) electrons. The van der Waals surface area contributed by atoms with Gasteiger partial charge in [-0.3, -0.25) is 0 Å². The second kappa shape index (κ2) is 7.40. The Morgan fingerprint density at radius 3 is 2.43 bits per heavy atom. The molecule has 4 heteroatoms. The highest BCUT2D eigenvalue weighted by Gasteiger charge is 2.35. The molecule has 0 spiro atoms. The van der Waals surface area contributed by atoms with Crippen LogP contribution in [0.1, 0.15) is 57.8 Å². The van der Waals surface area contributed by atoms with Gasteiger partial charge in [-0.1, -0.05) is 19.3 Å². The number of hydrogen-bond donors (Lipinski definition) is 2. The summed E-state index contributed by atoms with van der Waals surface area (Å²) in [6, 6.07) is 2.08. The van der Waals surface area contributed by atoms with Crippen LogP contribution in [0.2, 0.25) is 0 Å². The van der Waals surface area contributed by atoms with E-state index in [1.54, 1.807) is 0 Å². The third-order valence-corrected chi connectivity index (χ3v) is 5.81. The summed E-state index contributed by atoms with van der Waals surface area (Å²) < 4.78 is 5.80. The summed E-state index contributed by atoms with van der Waals surface area (Å²) >= 11 is 0. The van der Waals surface area contributed by atoms with Crippen LogP contribution in [0.3, 0.4) is 0 Å². The van der Waals surface area contributed by atoms with Gasteiger partial charge in [-0.05, 0) is 45.6 Å². The van der Waals surface area contributed by atoms with Crippen molar-refractivity contribution in [3.8, 4) is 0 Å². The number of nitrogens with zero attached hydrogens (tertiary/aromatic N) is 1. The Morgan fingerprint density at radius 2 is 1.76 bits per heavy atom. The van der Waals surface area contributed by atoms with E-state index in [0.29, 0.717) is 25.3 Å². The van der Waals surface area contributed by atoms with Gasteiger partial charge in [-0.2, -0.15) is 0 Å². The maximum absolute atomic E-state index is 10.1. The molecule has 0 aromatic heterocycles. The van der Waals surface area contributed by atoms with E-state index < -0.39 is 0 Å². The number of ether oxygens (including phenoxy) is 1. The standard InChI is InChI=1S/C17H32N2O2/c1-19-14-5-4-6-15(19)10-13(9-14)18-11-16(20)12-21-17-7-2-3-8-17/h13-18,20H,2-12H2,1H3. The number of aliphatic hydroxyl groups is 1. The SMILES string of the molecule is CN1C2CCCC1CC(NCC(O)COC1CCCC1)C2. The highest BCUT2D eigenvalue weighted by Crippen LogP contribution is 2.32. The smallest absolute Gasteiger partial charge is 0.0897 e. The van der Waals surface area contributed by atoms with Crippen LogP contribution in [-0.4, -0.2) is 60.5 Å². The fraction of sp³-hybridized carbons (Fsp3) is 1.00. The number of hydrogen-bond acceptors (Lipinski definition) is 4. The second-order valence-corrected chi connectivity index (χ2v) is 7.37. The molecule has 0 aromatic carbocycles. The van der Waals surface area contributed by atoms with Crippen molar-refractivity contribution >= 4 is 0 Å². The largest absolute Gasteiger partial charge is 0.389 e. The van der Waals surface area contributed by atoms with E-state index in [2.05, 4.69) is 17.3 Å². The molecule has 3 unspecified atom stereocenters. The Kier molecular flexibility index (Phi) is 5.54. The molecule has 2 bridgehead atoms. The Bertz CT molecular complexity index is 306. The van der Waals surface area contributed by atoms with E-state index in [0.717, 1.165) is 12.1 Å². The zero-order valence-corrected chi connectivity index (χ0v) is 13.5. The third-order valence-electron chi connectivity index (χ3n) is 5.81. The first-order valence-electron chi connectivity index (χ1n) is 8.97. The first-order valence-corrected chi connectivity index (χ1v) is 8.97. The van der Waals surface area contributed by atoms with E-state index in [1.807, 2.05) is 0 Å². The van der Waals surface area contributed by atoms with E-state index >= 15 is 0 Å². The van der Waals surface area contributed by atoms with Crippen LogP contribution in [0, 0.1) is 0 Å². The van der Waals surface area contributed by atoms with Crippen LogP contribution in [0.5, 0.6) is 0 Å². The Balaban J connectivity index is 1.35. The summed E-state index contributed by atoms with van der Waals surface area (Å²) in [6.07, 6.45) is 11.5. The van der Waals surface area contributed by atoms with Gasteiger partial charge in [0.2, 0.25) is 0 Å². The highest BCUT2D eigenvalue weighted by atomic mass is 16.5. The van der Waals surface area contributed by atoms with Gasteiger partial charge >= 0.3 is 0 Å². The van der Waals surface area contributed by atoms with E-state index in [-0.39, 0.29) is 6.10 Å². The molecule has 3 aliphatic rings. The Hall–Kier alpha value is -0.160. The lowest BCUT2D eigenvalue weighted by Gasteiger charge is -2.47. The summed E-state index contributed by atoms with van der Waals surface area (Å²) in [5.41, 5.74) is 0. The summed E-state index contributed by atoms with van der Waals surface area (Å²) in [6.45, 7) is 1.18. The van der Waals surface area contributed by atoms with Crippen LogP contribution in [0.4, 0.5) is 0 Å². The van der Waals surface area contributed by atoms with E-state index in [4.69, 9.17) is 4.74 Å². The Labute approximate surface area is 129 Å². The zero-order valence-electron chi connectivity index (χ0n) is 13.5. The summed E-state index contributed by atoms with van der Waals surface area (Å²) in [5, 5.41) is 13.7. The quantitative estimate of drug-likeness (QED) is 0.786. The van der Waals surface area contributed by atoms with Crippen LogP contribution < -0.4 is 5.32 Å². The molecule has 0 amide bonds. The zero-order chi connectivity index (χ0) is 14.7. The molecule has 0 aromatic rings. The fourth-order valence-electron chi connectivity index (χ4n) is 4.45. The van der Waals surface area contributed by atoms with Gasteiger partial charge < -0.3 is 20.1 Å². The maximum Gasteiger partial charge on any atom is 0.0897 e. The maximum atomic E-state index is 10.1. The van der Waals surface area contributed by atoms with Crippen molar-refractivity contribution in [1.29, 1.82) is 0 Å². The number of fused-ring (bicyclic) bond motifs is 2. The van der Waals surface area contributed by atoms with Gasteiger partial charge in [0.05, 0.1) is 18.8 Å². The third kappa shape index (κ3) is 4.19. The first-order chi connectivity index (χ1) is 10.2. The van der Waals surface area contributed by atoms with Crippen LogP contribution >= 0.6 is 0 Å². The molecule has 122 valence electrons. The van der Waals surface area contributed by atoms with Crippen molar-refractivity contribution in [1.82, 2.24) is 10.2 Å². The summed E-state index contributed by atoms with van der Waals surface area (Å²) in [5.74, 6) is 0. The van der Waals surface area contributed by atoms with Crippen molar-refractivity contribution in [2.24, 2.45) is 0 Å². The van der Waals surface area contributed by atoms with Crippen molar-refractivity contribution in [3.63, 3.8) is 0 Å². The normalized spacial score (nSPS) is 36.0. The summed E-state index contributed by atoms with van der Waals surface area (Å²) in [7, 11) is 2.29. The van der Waals surface area contributed by atoms with Gasteiger partial charge in [0.15, 0.2) is 0 Å². The molecular weight excluding hydrogens is 264 g/mol. The van der Waals surface area contributed by atoms with Crippen molar-refractivity contribution in [2.45, 2.75) is 88.1 Å². The number of nitrogens with one attached hydrogen (secondary N) is 1. The molecule has 3 fully saturated rings. The Morgan fingerprint density at radius 1 is 1.10 bits per heavy atom. The molecule has 2 aliphatic heterocycles. The van der Waals surface area contributed by atoms with Crippen molar-refractivity contribution in [3.05, 3.63) is 0 Å². The topological polar surface area (TPSA) is 44.7 Å². The minimum atomic E-state index is -0.356. The molecule has 4 nitrogen and oxygen atoms in total. The minimum Gasteiger partial charge on any atom is -0.389 e. The number of rotatable bonds is 6. The molecular formula is C17H32N2O2. The van der Waals surface area contributed by atoms with Gasteiger partial charge in [0.25, 0.3) is 0 Å². The molecule has 1 saturated carbocycles. The number of aliphatic hydroxyl groups excluding tert-OH is 1. The predicted octanol–water partition coefficient (Wildman–Crippen LogP) is 1.91. The van der Waals surface area contributed by atoms with E-state index in [1.165, 1.54) is 57.8 Å².